The Hall–Kier alpha value is -10.9. The Morgan fingerprint density at radius 1 is 0.220 bits per heavy atom. The molecule has 0 saturated carbocycles. The van der Waals surface area contributed by atoms with E-state index in [1.807, 2.05) is 0 Å². The van der Waals surface area contributed by atoms with Gasteiger partial charge in [-0.1, -0.05) is 212 Å². The van der Waals surface area contributed by atoms with Crippen molar-refractivity contribution < 1.29 is 8.83 Å². The number of benzene rings is 15. The molecule has 0 fully saturated rings. The summed E-state index contributed by atoms with van der Waals surface area (Å²) in [7, 11) is 0. The van der Waals surface area contributed by atoms with Crippen LogP contribution in [0.2, 0.25) is 0 Å². The molecule has 4 nitrogen and oxygen atoms in total. The van der Waals surface area contributed by atoms with Gasteiger partial charge >= 0.3 is 0 Å². The molecule has 0 radical (unpaired) electrons. The molecule has 2 aromatic heterocycles. The highest BCUT2D eigenvalue weighted by molar-refractivity contribution is 6.31. The van der Waals surface area contributed by atoms with Crippen molar-refractivity contribution in [2.24, 2.45) is 0 Å². The van der Waals surface area contributed by atoms with Gasteiger partial charge in [0, 0.05) is 44.0 Å². The lowest BCUT2D eigenvalue weighted by molar-refractivity contribution is 0.669. The second-order valence-electron chi connectivity index (χ2n) is 21.5. The maximum absolute atomic E-state index is 7.21. The minimum atomic E-state index is 0.841. The summed E-state index contributed by atoms with van der Waals surface area (Å²) < 4.78 is 14.3. The lowest BCUT2D eigenvalue weighted by Gasteiger charge is -2.28. The van der Waals surface area contributed by atoms with Crippen LogP contribution >= 0.6 is 0 Å². The molecular weight excluding hydrogens is 997 g/mol. The summed E-state index contributed by atoms with van der Waals surface area (Å²) in [6.45, 7) is 0. The molecule has 4 heteroatoms. The van der Waals surface area contributed by atoms with Crippen molar-refractivity contribution in [2.75, 3.05) is 9.80 Å². The van der Waals surface area contributed by atoms with Gasteiger partial charge in [0.25, 0.3) is 0 Å². The van der Waals surface area contributed by atoms with Crippen LogP contribution in [0.1, 0.15) is 0 Å². The summed E-state index contributed by atoms with van der Waals surface area (Å²) in [4.78, 5) is 4.78. The normalized spacial score (nSPS) is 11.9. The van der Waals surface area contributed by atoms with Gasteiger partial charge in [0.05, 0.1) is 17.1 Å². The van der Waals surface area contributed by atoms with Crippen LogP contribution < -0.4 is 9.80 Å². The highest BCUT2D eigenvalue weighted by atomic mass is 16.3. The molecule has 15 aromatic carbocycles. The highest BCUT2D eigenvalue weighted by Gasteiger charge is 2.27. The summed E-state index contributed by atoms with van der Waals surface area (Å²) >= 11 is 0. The Labute approximate surface area is 472 Å². The van der Waals surface area contributed by atoms with Gasteiger partial charge in [-0.3, -0.25) is 0 Å². The molecule has 0 amide bonds. The average molecular weight is 1050 g/mol. The van der Waals surface area contributed by atoms with E-state index in [2.05, 4.69) is 301 Å². The largest absolute Gasteiger partial charge is 0.454 e. The smallest absolute Gasteiger partial charge is 0.160 e. The lowest BCUT2D eigenvalue weighted by Crippen LogP contribution is -2.11. The van der Waals surface area contributed by atoms with Gasteiger partial charge in [-0.15, -0.1) is 0 Å². The quantitative estimate of drug-likeness (QED) is 0.142. The van der Waals surface area contributed by atoms with E-state index in [0.29, 0.717) is 0 Å². The summed E-state index contributed by atoms with van der Waals surface area (Å²) in [5.41, 5.74) is 14.1. The predicted octanol–water partition coefficient (Wildman–Crippen LogP) is 22.7. The van der Waals surface area contributed by atoms with Gasteiger partial charge in [0.15, 0.2) is 11.2 Å². The number of rotatable bonds is 8. The first kappa shape index (κ1) is 46.0. The van der Waals surface area contributed by atoms with Crippen molar-refractivity contribution >= 4 is 143 Å². The number of hydrogen-bond acceptors (Lipinski definition) is 4. The number of para-hydroxylation sites is 1. The summed E-state index contributed by atoms with van der Waals surface area (Å²) in [6, 6.07) is 105. The zero-order chi connectivity index (χ0) is 53.8. The van der Waals surface area contributed by atoms with Crippen LogP contribution in [0.25, 0.3) is 131 Å². The summed E-state index contributed by atoms with van der Waals surface area (Å²) in [6.07, 6.45) is 0. The van der Waals surface area contributed by atoms with Crippen LogP contribution in [0.15, 0.2) is 300 Å². The monoisotopic (exact) mass is 1040 g/mol. The number of hydrogen-bond donors (Lipinski definition) is 0. The molecule has 17 rings (SSSR count). The highest BCUT2D eigenvalue weighted by Crippen LogP contribution is 2.51. The standard InChI is InChI=1S/C78H48N2O2/c1-3-17-49(18-4-1)50-31-37-60(38-32-50)80(70-48-57-24-12-16-30-65(57)76-74-63-28-14-10-20-52(63)36-44-72(74)82-78(70)76)68-42-41-61(66-45-54-21-7-8-22-55(54)46-67(66)68)53-33-39-59(40-34-53)79(58-25-5-2-6-26-58)69-47-56-23-11-15-29-64(56)75-73-62-27-13-9-19-51(62)35-43-71(73)81-77(69)75/h1-48H. The van der Waals surface area contributed by atoms with Crippen molar-refractivity contribution in [2.45, 2.75) is 0 Å². The summed E-state index contributed by atoms with van der Waals surface area (Å²) in [5, 5.41) is 18.4. The van der Waals surface area contributed by atoms with Crippen molar-refractivity contribution in [1.29, 1.82) is 0 Å². The average Bonchev–Trinajstić information content (AvgIpc) is 4.17. The van der Waals surface area contributed by atoms with E-state index in [4.69, 9.17) is 8.83 Å². The van der Waals surface area contributed by atoms with E-state index in [1.54, 1.807) is 0 Å². The zero-order valence-corrected chi connectivity index (χ0v) is 44.4. The maximum Gasteiger partial charge on any atom is 0.160 e. The molecule has 2 heterocycles. The van der Waals surface area contributed by atoms with Gasteiger partial charge in [0.1, 0.15) is 11.2 Å². The Bertz CT molecular complexity index is 5390. The second-order valence-corrected chi connectivity index (χ2v) is 21.5. The van der Waals surface area contributed by atoms with Crippen LogP contribution in [-0.4, -0.2) is 0 Å². The molecule has 0 unspecified atom stereocenters. The molecule has 82 heavy (non-hydrogen) atoms. The number of nitrogens with zero attached hydrogens (tertiary/aromatic N) is 2. The fourth-order valence-corrected chi connectivity index (χ4v) is 13.2. The van der Waals surface area contributed by atoms with Gasteiger partial charge in [-0.05, 0) is 160 Å². The van der Waals surface area contributed by atoms with Crippen molar-refractivity contribution in [3.63, 3.8) is 0 Å². The second kappa shape index (κ2) is 18.3. The first-order valence-corrected chi connectivity index (χ1v) is 28.1. The lowest BCUT2D eigenvalue weighted by atomic mass is 9.93. The predicted molar refractivity (Wildman–Crippen MR) is 346 cm³/mol. The first-order valence-electron chi connectivity index (χ1n) is 28.1. The van der Waals surface area contributed by atoms with Crippen LogP contribution in [-0.2, 0) is 0 Å². The minimum Gasteiger partial charge on any atom is -0.454 e. The van der Waals surface area contributed by atoms with E-state index in [0.717, 1.165) is 122 Å². The number of anilines is 6. The molecule has 0 saturated heterocycles. The van der Waals surface area contributed by atoms with Crippen molar-refractivity contribution in [3.8, 4) is 22.3 Å². The summed E-state index contributed by atoms with van der Waals surface area (Å²) in [5.74, 6) is 0. The molecule has 0 spiro atoms. The molecular formula is C78H48N2O2. The molecule has 382 valence electrons. The Kier molecular flexibility index (Phi) is 10.3. The van der Waals surface area contributed by atoms with Crippen LogP contribution in [0.5, 0.6) is 0 Å². The van der Waals surface area contributed by atoms with Crippen LogP contribution in [0.4, 0.5) is 34.1 Å². The van der Waals surface area contributed by atoms with Crippen LogP contribution in [0, 0.1) is 0 Å². The molecule has 0 aliphatic heterocycles. The zero-order valence-electron chi connectivity index (χ0n) is 44.4. The molecule has 17 aromatic rings. The van der Waals surface area contributed by atoms with Crippen molar-refractivity contribution in [3.05, 3.63) is 291 Å². The van der Waals surface area contributed by atoms with E-state index in [1.165, 1.54) is 43.3 Å². The minimum absolute atomic E-state index is 0.841. The third kappa shape index (κ3) is 7.18. The Morgan fingerprint density at radius 2 is 0.622 bits per heavy atom. The number of furan rings is 2. The molecule has 0 aliphatic carbocycles. The molecule has 0 bridgehead atoms. The molecule has 0 atom stereocenters. The first-order chi connectivity index (χ1) is 40.7. The third-order valence-corrected chi connectivity index (χ3v) is 16.9. The molecule has 0 aliphatic rings. The topological polar surface area (TPSA) is 32.8 Å². The fraction of sp³-hybridized carbons (Fsp3) is 0. The molecule has 0 N–H and O–H groups in total. The fourth-order valence-electron chi connectivity index (χ4n) is 13.2. The van der Waals surface area contributed by atoms with Gasteiger partial charge < -0.3 is 18.6 Å². The Morgan fingerprint density at radius 3 is 1.17 bits per heavy atom. The Balaban J connectivity index is 0.880. The van der Waals surface area contributed by atoms with E-state index in [-0.39, 0.29) is 0 Å². The van der Waals surface area contributed by atoms with Crippen LogP contribution in [0.3, 0.4) is 0 Å². The van der Waals surface area contributed by atoms with Gasteiger partial charge in [-0.2, -0.15) is 0 Å². The van der Waals surface area contributed by atoms with E-state index < -0.39 is 0 Å². The van der Waals surface area contributed by atoms with E-state index in [9.17, 15) is 0 Å². The van der Waals surface area contributed by atoms with E-state index >= 15 is 0 Å². The van der Waals surface area contributed by atoms with Gasteiger partial charge in [-0.25, -0.2) is 0 Å². The number of fused-ring (bicyclic) bond motifs is 16. The maximum atomic E-state index is 7.21. The SMILES string of the molecule is c1ccc(-c2ccc(N(c3ccc(-c4ccc(N(c5ccccc5)c5cc6ccccc6c6c5oc5ccc7ccccc7c56)cc4)c4cc5ccccc5cc34)c3cc4ccccc4c4c3oc3ccc5ccccc5c34)cc2)cc1. The van der Waals surface area contributed by atoms with Crippen molar-refractivity contribution in [1.82, 2.24) is 0 Å². The van der Waals surface area contributed by atoms with Gasteiger partial charge in [0.2, 0.25) is 0 Å². The third-order valence-electron chi connectivity index (χ3n) is 16.9.